The number of rotatable bonds is 10. The highest BCUT2D eigenvalue weighted by atomic mass is 16.6. The van der Waals surface area contributed by atoms with Gasteiger partial charge in [-0.2, -0.15) is 0 Å². The summed E-state index contributed by atoms with van der Waals surface area (Å²) in [5.74, 6) is -3.04. The maximum absolute atomic E-state index is 13.5. The number of carbonyl (C=O) groups excluding carboxylic acids is 5. The van der Waals surface area contributed by atoms with Gasteiger partial charge in [-0.15, -0.1) is 0 Å². The molecule has 2 N–H and O–H groups in total. The quantitative estimate of drug-likeness (QED) is 0.0936. The molecular formula is C35H24N6O9. The molecule has 2 heterocycles. The van der Waals surface area contributed by atoms with Crippen molar-refractivity contribution in [3.63, 3.8) is 0 Å². The number of carbonyl (C=O) groups is 5. The van der Waals surface area contributed by atoms with E-state index in [0.717, 1.165) is 15.9 Å². The van der Waals surface area contributed by atoms with E-state index in [2.05, 4.69) is 10.6 Å². The number of anilines is 1. The molecule has 248 valence electrons. The van der Waals surface area contributed by atoms with Crippen LogP contribution in [0, 0.1) is 20.2 Å². The minimum atomic E-state index is -0.756. The topological polar surface area (TPSA) is 202 Å². The van der Waals surface area contributed by atoms with Crippen LogP contribution in [0.4, 0.5) is 17.1 Å². The summed E-state index contributed by atoms with van der Waals surface area (Å²) >= 11 is 0. The molecule has 0 aromatic heterocycles. The van der Waals surface area contributed by atoms with Crippen LogP contribution in [0.3, 0.4) is 0 Å². The van der Waals surface area contributed by atoms with Gasteiger partial charge in [0, 0.05) is 77.9 Å². The van der Waals surface area contributed by atoms with Crippen molar-refractivity contribution in [1.29, 1.82) is 0 Å². The molecule has 0 bridgehead atoms. The fourth-order valence-corrected chi connectivity index (χ4v) is 6.35. The highest BCUT2D eigenvalue weighted by Gasteiger charge is 2.36. The van der Waals surface area contributed by atoms with E-state index >= 15 is 0 Å². The smallest absolute Gasteiger partial charge is 0.270 e. The van der Waals surface area contributed by atoms with Gasteiger partial charge in [0.15, 0.2) is 0 Å². The van der Waals surface area contributed by atoms with Gasteiger partial charge in [-0.1, -0.05) is 30.3 Å². The molecule has 5 aromatic rings. The first-order chi connectivity index (χ1) is 24.0. The standard InChI is InChI=1S/C35H24N6O9/c42-31(37-11-10-36-12-13-38-32(43)25-8-2-4-19-14-23(40(47)48)17-27(29(19)25)33(38)44)21-6-1-7-22(16-21)39-34(45)26-9-3-5-20-15-24(41(49)50)18-28(30(20)26)35(39)46/h1-9,14-18,36H,10-13H2,(H,37,42). The van der Waals surface area contributed by atoms with E-state index in [9.17, 15) is 44.2 Å². The summed E-state index contributed by atoms with van der Waals surface area (Å²) < 4.78 is 0. The Kier molecular flexibility index (Phi) is 7.80. The van der Waals surface area contributed by atoms with Crippen molar-refractivity contribution in [3.05, 3.63) is 133 Å². The average molecular weight is 673 g/mol. The van der Waals surface area contributed by atoms with Crippen LogP contribution < -0.4 is 15.5 Å². The Bertz CT molecular complexity index is 2370. The van der Waals surface area contributed by atoms with Crippen molar-refractivity contribution in [2.45, 2.75) is 0 Å². The molecule has 5 aromatic carbocycles. The molecule has 0 aliphatic carbocycles. The third-order valence-electron chi connectivity index (χ3n) is 8.63. The molecule has 0 radical (unpaired) electrons. The van der Waals surface area contributed by atoms with E-state index in [1.165, 1.54) is 48.5 Å². The molecule has 0 saturated carbocycles. The normalized spacial score (nSPS) is 13.7. The fourth-order valence-electron chi connectivity index (χ4n) is 6.35. The number of hydrogen-bond acceptors (Lipinski definition) is 10. The Balaban J connectivity index is 0.981. The SMILES string of the molecule is O=C(NCCNCCN1C(=O)c2cccc3cc([N+](=O)[O-])cc(c23)C1=O)c1cccc(N2C(=O)c3cccc4cc([N+](=O)[O-])cc(c34)C2=O)c1. The fraction of sp³-hybridized carbons (Fsp3) is 0.114. The van der Waals surface area contributed by atoms with Crippen LogP contribution in [-0.4, -0.2) is 70.5 Å². The van der Waals surface area contributed by atoms with E-state index < -0.39 is 39.4 Å². The molecule has 0 fully saturated rings. The third-order valence-corrected chi connectivity index (χ3v) is 8.63. The molecule has 7 rings (SSSR count). The zero-order valence-electron chi connectivity index (χ0n) is 25.9. The lowest BCUT2D eigenvalue weighted by molar-refractivity contribution is -0.384. The summed E-state index contributed by atoms with van der Waals surface area (Å²) in [7, 11) is 0. The third kappa shape index (κ3) is 5.27. The molecule has 15 heteroatoms. The first-order valence-electron chi connectivity index (χ1n) is 15.3. The first-order valence-corrected chi connectivity index (χ1v) is 15.3. The Hall–Kier alpha value is -6.87. The molecule has 0 unspecified atom stereocenters. The molecule has 2 aliphatic heterocycles. The van der Waals surface area contributed by atoms with Crippen LogP contribution in [0.5, 0.6) is 0 Å². The van der Waals surface area contributed by atoms with Crippen molar-refractivity contribution in [2.75, 3.05) is 31.1 Å². The van der Waals surface area contributed by atoms with Crippen molar-refractivity contribution in [3.8, 4) is 0 Å². The van der Waals surface area contributed by atoms with Gasteiger partial charge in [0.05, 0.1) is 26.7 Å². The van der Waals surface area contributed by atoms with Crippen LogP contribution in [0.15, 0.2) is 84.9 Å². The monoisotopic (exact) mass is 672 g/mol. The highest BCUT2D eigenvalue weighted by Crippen LogP contribution is 2.36. The lowest BCUT2D eigenvalue weighted by Crippen LogP contribution is -2.44. The highest BCUT2D eigenvalue weighted by molar-refractivity contribution is 6.36. The maximum Gasteiger partial charge on any atom is 0.270 e. The van der Waals surface area contributed by atoms with Gasteiger partial charge < -0.3 is 10.6 Å². The molecular weight excluding hydrogens is 648 g/mol. The van der Waals surface area contributed by atoms with Crippen molar-refractivity contribution in [2.24, 2.45) is 0 Å². The average Bonchev–Trinajstić information content (AvgIpc) is 3.11. The number of benzene rings is 5. The van der Waals surface area contributed by atoms with Crippen molar-refractivity contribution in [1.82, 2.24) is 15.5 Å². The van der Waals surface area contributed by atoms with Crippen LogP contribution in [-0.2, 0) is 0 Å². The molecule has 5 amide bonds. The summed E-state index contributed by atoms with van der Waals surface area (Å²) in [5.41, 5.74) is 0.263. The number of amides is 5. The van der Waals surface area contributed by atoms with Gasteiger partial charge in [0.1, 0.15) is 0 Å². The number of nitrogens with zero attached hydrogens (tertiary/aromatic N) is 4. The van der Waals surface area contributed by atoms with E-state index in [0.29, 0.717) is 21.5 Å². The van der Waals surface area contributed by atoms with Gasteiger partial charge in [-0.25, -0.2) is 4.90 Å². The Morgan fingerprint density at radius 3 is 1.78 bits per heavy atom. The molecule has 0 atom stereocenters. The Morgan fingerprint density at radius 2 is 1.16 bits per heavy atom. The van der Waals surface area contributed by atoms with Crippen LogP contribution >= 0.6 is 0 Å². The maximum atomic E-state index is 13.5. The zero-order valence-corrected chi connectivity index (χ0v) is 25.9. The second kappa shape index (κ2) is 12.3. The molecule has 2 aliphatic rings. The number of nitro benzene ring substituents is 2. The molecule has 0 saturated heterocycles. The van der Waals surface area contributed by atoms with Gasteiger partial charge in [-0.3, -0.25) is 49.1 Å². The summed E-state index contributed by atoms with van der Waals surface area (Å²) in [5, 5.41) is 30.2. The summed E-state index contributed by atoms with van der Waals surface area (Å²) in [6, 6.07) is 20.3. The molecule has 50 heavy (non-hydrogen) atoms. The minimum Gasteiger partial charge on any atom is -0.351 e. The van der Waals surface area contributed by atoms with Gasteiger partial charge >= 0.3 is 0 Å². The Labute approximate surface area is 281 Å². The second-order valence-electron chi connectivity index (χ2n) is 11.6. The number of non-ortho nitro benzene ring substituents is 2. The number of nitrogens with one attached hydrogen (secondary N) is 2. The number of nitro groups is 2. The number of hydrogen-bond donors (Lipinski definition) is 2. The van der Waals surface area contributed by atoms with Crippen LogP contribution in [0.25, 0.3) is 21.5 Å². The van der Waals surface area contributed by atoms with E-state index in [1.807, 2.05) is 0 Å². The van der Waals surface area contributed by atoms with Gasteiger partial charge in [0.2, 0.25) is 0 Å². The summed E-state index contributed by atoms with van der Waals surface area (Å²) in [6.07, 6.45) is 0. The van der Waals surface area contributed by atoms with Crippen LogP contribution in [0.2, 0.25) is 0 Å². The van der Waals surface area contributed by atoms with Crippen molar-refractivity contribution >= 4 is 68.1 Å². The van der Waals surface area contributed by atoms with Crippen LogP contribution in [0.1, 0.15) is 51.8 Å². The minimum absolute atomic E-state index is 0.000795. The number of imide groups is 2. The second-order valence-corrected chi connectivity index (χ2v) is 11.6. The first kappa shape index (κ1) is 31.7. The predicted molar refractivity (Wildman–Crippen MR) is 179 cm³/mol. The lowest BCUT2D eigenvalue weighted by Gasteiger charge is -2.27. The summed E-state index contributed by atoms with van der Waals surface area (Å²) in [4.78, 5) is 90.0. The Morgan fingerprint density at radius 1 is 0.620 bits per heavy atom. The summed E-state index contributed by atoms with van der Waals surface area (Å²) in [6.45, 7) is 0.542. The van der Waals surface area contributed by atoms with Gasteiger partial charge in [0.25, 0.3) is 40.9 Å². The molecule has 0 spiro atoms. The predicted octanol–water partition coefficient (Wildman–Crippen LogP) is 4.23. The van der Waals surface area contributed by atoms with E-state index in [1.54, 1.807) is 30.3 Å². The lowest BCUT2D eigenvalue weighted by atomic mass is 9.93. The van der Waals surface area contributed by atoms with Crippen molar-refractivity contribution < 1.29 is 33.8 Å². The van der Waals surface area contributed by atoms with E-state index in [4.69, 9.17) is 0 Å². The van der Waals surface area contributed by atoms with E-state index in [-0.39, 0.29) is 71.1 Å². The molecule has 15 nitrogen and oxygen atoms in total. The van der Waals surface area contributed by atoms with Gasteiger partial charge in [-0.05, 0) is 41.1 Å². The largest absolute Gasteiger partial charge is 0.351 e. The zero-order chi connectivity index (χ0) is 35.3.